The van der Waals surface area contributed by atoms with Crippen LogP contribution in [0.3, 0.4) is 0 Å². The molecule has 5 nitrogen and oxygen atoms in total. The number of nitrogens with zero attached hydrogens (tertiary/aromatic N) is 4. The summed E-state index contributed by atoms with van der Waals surface area (Å²) in [4.78, 5) is 8.42. The van der Waals surface area contributed by atoms with Gasteiger partial charge in [0.05, 0.1) is 13.6 Å². The van der Waals surface area contributed by atoms with Crippen molar-refractivity contribution >= 4 is 17.0 Å². The minimum Gasteiger partial charge on any atom is -1.00 e. The van der Waals surface area contributed by atoms with E-state index in [1.54, 1.807) is 0 Å². The molecule has 2 rings (SSSR count). The largest absolute Gasteiger partial charge is 1.00 e. The fourth-order valence-corrected chi connectivity index (χ4v) is 2.97. The number of anilines is 1. The van der Waals surface area contributed by atoms with Gasteiger partial charge in [0.25, 0.3) is 0 Å². The molecule has 0 aromatic carbocycles. The Hall–Kier alpha value is -2.14. The molecule has 6 heteroatoms. The van der Waals surface area contributed by atoms with Gasteiger partial charge in [-0.3, -0.25) is 4.57 Å². The maximum atomic E-state index is 6.03. The van der Waals surface area contributed by atoms with Crippen molar-refractivity contribution in [2.24, 2.45) is 7.05 Å². The molecule has 0 radical (unpaired) electrons. The molecule has 2 aromatic heterocycles. The monoisotopic (exact) mass is 389 g/mol. The summed E-state index contributed by atoms with van der Waals surface area (Å²) in [6, 6.07) is 0. The lowest BCUT2D eigenvalue weighted by atomic mass is 10.1. The molecule has 0 fully saturated rings. The standard InChI is InChI=1S/C21H32N5.ClH/c1-16(2)8-6-9-17(3)10-7-11-18(4)12-13-26-15-25(5)21-19(26)20(22)23-14-24-21;/h8,10,12,14-15H,6-7,9,11,13H2,1-5H3,(H2,22,23,24);1H/q+1;/p-1/b17-10-,18-12+;. The highest BCUT2D eigenvalue weighted by Crippen LogP contribution is 2.15. The first-order valence-electron chi connectivity index (χ1n) is 9.28. The van der Waals surface area contributed by atoms with Crippen LogP contribution in [-0.4, -0.2) is 14.5 Å². The van der Waals surface area contributed by atoms with Crippen molar-refractivity contribution in [1.29, 1.82) is 0 Å². The van der Waals surface area contributed by atoms with Crippen LogP contribution in [0.5, 0.6) is 0 Å². The van der Waals surface area contributed by atoms with Crippen LogP contribution in [0.4, 0.5) is 5.82 Å². The molecule has 0 aliphatic rings. The lowest BCUT2D eigenvalue weighted by molar-refractivity contribution is -0.647. The summed E-state index contributed by atoms with van der Waals surface area (Å²) >= 11 is 0. The molecular weight excluding hydrogens is 358 g/mol. The molecule has 148 valence electrons. The third kappa shape index (κ3) is 6.83. The Morgan fingerprint density at radius 3 is 2.33 bits per heavy atom. The zero-order valence-electron chi connectivity index (χ0n) is 17.2. The van der Waals surface area contributed by atoms with Crippen LogP contribution in [0.1, 0.15) is 53.4 Å². The van der Waals surface area contributed by atoms with E-state index in [0.29, 0.717) is 5.82 Å². The smallest absolute Gasteiger partial charge is 0.307 e. The van der Waals surface area contributed by atoms with Gasteiger partial charge < -0.3 is 18.1 Å². The molecule has 0 atom stereocenters. The second kappa shape index (κ2) is 10.9. The number of allylic oxidation sites excluding steroid dienone is 6. The van der Waals surface area contributed by atoms with Gasteiger partial charge >= 0.3 is 5.65 Å². The molecule has 27 heavy (non-hydrogen) atoms. The molecule has 0 spiro atoms. The van der Waals surface area contributed by atoms with Crippen LogP contribution >= 0.6 is 0 Å². The summed E-state index contributed by atoms with van der Waals surface area (Å²) in [6.07, 6.45) is 14.9. The average molecular weight is 390 g/mol. The Bertz CT molecular complexity index is 842. The van der Waals surface area contributed by atoms with E-state index >= 15 is 0 Å². The first-order chi connectivity index (χ1) is 12.4. The fourth-order valence-electron chi connectivity index (χ4n) is 2.97. The lowest BCUT2D eigenvalue weighted by Crippen LogP contribution is -3.00. The van der Waals surface area contributed by atoms with E-state index in [-0.39, 0.29) is 12.4 Å². The first-order valence-corrected chi connectivity index (χ1v) is 9.28. The average Bonchev–Trinajstić information content (AvgIpc) is 2.90. The van der Waals surface area contributed by atoms with Gasteiger partial charge in [0.2, 0.25) is 5.52 Å². The predicted molar refractivity (Wildman–Crippen MR) is 109 cm³/mol. The Morgan fingerprint density at radius 2 is 1.67 bits per heavy atom. The van der Waals surface area contributed by atoms with Crippen LogP contribution < -0.4 is 22.7 Å². The van der Waals surface area contributed by atoms with Gasteiger partial charge in [0, 0.05) is 0 Å². The van der Waals surface area contributed by atoms with Crippen LogP contribution in [-0.2, 0) is 13.6 Å². The topological polar surface area (TPSA) is 60.6 Å². The van der Waals surface area contributed by atoms with Crippen LogP contribution in [0.15, 0.2) is 47.6 Å². The van der Waals surface area contributed by atoms with Crippen molar-refractivity contribution in [3.8, 4) is 0 Å². The second-order valence-corrected chi connectivity index (χ2v) is 7.27. The minimum atomic E-state index is 0. The summed E-state index contributed by atoms with van der Waals surface area (Å²) < 4.78 is 4.09. The number of hydrogen-bond acceptors (Lipinski definition) is 3. The van der Waals surface area contributed by atoms with Crippen molar-refractivity contribution in [1.82, 2.24) is 14.5 Å². The summed E-state index contributed by atoms with van der Waals surface area (Å²) in [5, 5.41) is 0. The van der Waals surface area contributed by atoms with Gasteiger partial charge in [-0.1, -0.05) is 39.9 Å². The van der Waals surface area contributed by atoms with E-state index < -0.39 is 0 Å². The number of aryl methyl sites for hydroxylation is 1. The molecule has 0 amide bonds. The number of nitrogens with two attached hydrogens (primary N) is 1. The zero-order valence-corrected chi connectivity index (χ0v) is 17.9. The fraction of sp³-hybridized carbons (Fsp3) is 0.476. The number of halogens is 1. The summed E-state index contributed by atoms with van der Waals surface area (Å²) in [6.45, 7) is 9.51. The van der Waals surface area contributed by atoms with Gasteiger partial charge in [-0.25, -0.2) is 4.57 Å². The van der Waals surface area contributed by atoms with Crippen molar-refractivity contribution in [2.75, 3.05) is 5.73 Å². The number of fused-ring (bicyclic) bond motifs is 1. The van der Waals surface area contributed by atoms with Crippen LogP contribution in [0.2, 0.25) is 0 Å². The quantitative estimate of drug-likeness (QED) is 0.546. The second-order valence-electron chi connectivity index (χ2n) is 7.27. The van der Waals surface area contributed by atoms with Gasteiger partial charge in [0.1, 0.15) is 0 Å². The first kappa shape index (κ1) is 22.9. The molecule has 2 aromatic rings. The molecule has 2 heterocycles. The third-order valence-corrected chi connectivity index (χ3v) is 4.52. The number of imidazole rings is 1. The summed E-state index contributed by atoms with van der Waals surface area (Å²) in [5.41, 5.74) is 12.0. The Morgan fingerprint density at radius 1 is 1.04 bits per heavy atom. The Balaban J connectivity index is 0.00000364. The van der Waals surface area contributed by atoms with Crippen molar-refractivity contribution in [2.45, 2.75) is 59.9 Å². The van der Waals surface area contributed by atoms with Gasteiger partial charge in [-0.15, -0.1) is 0 Å². The zero-order chi connectivity index (χ0) is 19.1. The predicted octanol–water partition coefficient (Wildman–Crippen LogP) is 1.26. The van der Waals surface area contributed by atoms with Crippen LogP contribution in [0, 0.1) is 0 Å². The van der Waals surface area contributed by atoms with E-state index in [4.69, 9.17) is 5.73 Å². The Kier molecular flexibility index (Phi) is 9.22. The van der Waals surface area contributed by atoms with Gasteiger partial charge in [-0.2, -0.15) is 4.98 Å². The maximum Gasteiger partial charge on any atom is 0.307 e. The SMILES string of the molecule is CC(C)=CCC/C(C)=C\CC/C(C)=C/Cn1c[n+](C)c2ncnc(N)c21.[Cl-]. The maximum absolute atomic E-state index is 6.03. The minimum absolute atomic E-state index is 0. The number of aromatic nitrogens is 4. The summed E-state index contributed by atoms with van der Waals surface area (Å²) in [5.74, 6) is 0.525. The van der Waals surface area contributed by atoms with E-state index in [0.717, 1.165) is 43.4 Å². The third-order valence-electron chi connectivity index (χ3n) is 4.52. The van der Waals surface area contributed by atoms with Crippen LogP contribution in [0.25, 0.3) is 11.2 Å². The van der Waals surface area contributed by atoms with E-state index in [1.165, 1.54) is 23.0 Å². The van der Waals surface area contributed by atoms with E-state index in [2.05, 4.69) is 60.5 Å². The van der Waals surface area contributed by atoms with Gasteiger partial charge in [-0.05, 0) is 53.4 Å². The van der Waals surface area contributed by atoms with E-state index in [1.807, 2.05) is 17.9 Å². The number of rotatable bonds is 8. The molecule has 0 bridgehead atoms. The molecular formula is C21H32ClN5. The molecule has 0 aliphatic carbocycles. The lowest BCUT2D eigenvalue weighted by Gasteiger charge is -2.02. The molecule has 0 saturated heterocycles. The number of nitrogen functional groups attached to an aromatic ring is 1. The van der Waals surface area contributed by atoms with Crippen molar-refractivity contribution in [3.05, 3.63) is 47.6 Å². The van der Waals surface area contributed by atoms with Gasteiger partial charge in [0.15, 0.2) is 18.5 Å². The highest BCUT2D eigenvalue weighted by Gasteiger charge is 2.16. The molecule has 0 aliphatic heterocycles. The normalized spacial score (nSPS) is 12.2. The molecule has 0 unspecified atom stereocenters. The highest BCUT2D eigenvalue weighted by atomic mass is 35.5. The Labute approximate surface area is 169 Å². The molecule has 2 N–H and O–H groups in total. The highest BCUT2D eigenvalue weighted by molar-refractivity contribution is 5.79. The number of hydrogen-bond donors (Lipinski definition) is 1. The van der Waals surface area contributed by atoms with Crippen molar-refractivity contribution in [3.63, 3.8) is 0 Å². The van der Waals surface area contributed by atoms with Crippen molar-refractivity contribution < 1.29 is 17.0 Å². The van der Waals surface area contributed by atoms with E-state index in [9.17, 15) is 0 Å². The summed E-state index contributed by atoms with van der Waals surface area (Å²) in [7, 11) is 1.98. The molecule has 0 saturated carbocycles.